The lowest BCUT2D eigenvalue weighted by Crippen LogP contribution is -2.35. The van der Waals surface area contributed by atoms with Crippen molar-refractivity contribution in [2.24, 2.45) is 0 Å². The standard InChI is InChI=1S/C22H23N3O4S6/c1-2-3-7-29-16-14(18(27)24-5-9-34-21(24)31)11-13(17(26)23-4-8-33-20(23)30)12-15(16)19(28)25-6-10-35-22(25)32/h11-12H,2-10H2,1H3. The maximum atomic E-state index is 13.7. The largest absolute Gasteiger partial charge is 0.492 e. The average Bonchev–Trinajstić information content (AvgIpc) is 3.59. The molecule has 35 heavy (non-hydrogen) atoms. The number of ether oxygens (including phenoxy) is 1. The molecule has 186 valence electrons. The smallest absolute Gasteiger partial charge is 0.263 e. The van der Waals surface area contributed by atoms with Crippen LogP contribution in [0.5, 0.6) is 5.75 Å². The van der Waals surface area contributed by atoms with Gasteiger partial charge in [-0.25, -0.2) is 0 Å². The molecule has 0 saturated carbocycles. The second-order valence-electron chi connectivity index (χ2n) is 7.82. The van der Waals surface area contributed by atoms with Crippen molar-refractivity contribution in [1.82, 2.24) is 14.7 Å². The first-order valence-electron chi connectivity index (χ1n) is 11.1. The Labute approximate surface area is 233 Å². The Balaban J connectivity index is 1.84. The van der Waals surface area contributed by atoms with Crippen molar-refractivity contribution >= 4 is 103 Å². The van der Waals surface area contributed by atoms with Crippen LogP contribution in [0, 0.1) is 0 Å². The zero-order valence-electron chi connectivity index (χ0n) is 18.9. The zero-order chi connectivity index (χ0) is 25.1. The SMILES string of the molecule is CCCCOc1c(C(=O)N2CCSC2=S)cc(C(=O)N2CCSC2=S)cc1C(=O)N1CCSC1=S. The summed E-state index contributed by atoms with van der Waals surface area (Å²) in [5.74, 6) is 1.15. The van der Waals surface area contributed by atoms with E-state index in [0.717, 1.165) is 12.8 Å². The Morgan fingerprint density at radius 3 is 1.60 bits per heavy atom. The first kappa shape index (κ1) is 26.8. The van der Waals surface area contributed by atoms with Crippen LogP contribution in [0.1, 0.15) is 50.8 Å². The number of amides is 3. The fourth-order valence-electron chi connectivity index (χ4n) is 3.72. The summed E-state index contributed by atoms with van der Waals surface area (Å²) in [6, 6.07) is 3.02. The Kier molecular flexibility index (Phi) is 9.09. The molecule has 0 radical (unpaired) electrons. The summed E-state index contributed by atoms with van der Waals surface area (Å²) in [4.78, 5) is 45.3. The number of carbonyl (C=O) groups excluding carboxylic acids is 3. The molecule has 3 amide bonds. The van der Waals surface area contributed by atoms with Crippen LogP contribution >= 0.6 is 71.9 Å². The van der Waals surface area contributed by atoms with Gasteiger partial charge in [0.2, 0.25) is 0 Å². The van der Waals surface area contributed by atoms with Gasteiger partial charge < -0.3 is 4.74 Å². The third-order valence-electron chi connectivity index (χ3n) is 5.56. The van der Waals surface area contributed by atoms with Gasteiger partial charge in [-0.3, -0.25) is 29.1 Å². The van der Waals surface area contributed by atoms with Gasteiger partial charge in [0, 0.05) is 42.5 Å². The Morgan fingerprint density at radius 1 is 0.800 bits per heavy atom. The van der Waals surface area contributed by atoms with Crippen molar-refractivity contribution in [3.8, 4) is 5.75 Å². The average molecular weight is 586 g/mol. The van der Waals surface area contributed by atoms with Crippen LogP contribution < -0.4 is 4.74 Å². The van der Waals surface area contributed by atoms with Gasteiger partial charge in [0.25, 0.3) is 17.7 Å². The summed E-state index contributed by atoms with van der Waals surface area (Å²) in [5, 5.41) is 0. The van der Waals surface area contributed by atoms with Crippen LogP contribution in [0.3, 0.4) is 0 Å². The third kappa shape index (κ3) is 5.69. The van der Waals surface area contributed by atoms with Gasteiger partial charge in [0.1, 0.15) is 18.7 Å². The van der Waals surface area contributed by atoms with Gasteiger partial charge in [-0.15, -0.1) is 0 Å². The van der Waals surface area contributed by atoms with E-state index in [4.69, 9.17) is 41.4 Å². The number of thioether (sulfide) groups is 3. The molecule has 0 unspecified atom stereocenters. The second-order valence-corrected chi connectivity index (χ2v) is 13.0. The fourth-order valence-corrected chi connectivity index (χ4v) is 7.33. The van der Waals surface area contributed by atoms with Crippen LogP contribution in [0.4, 0.5) is 0 Å². The molecule has 3 aliphatic rings. The summed E-state index contributed by atoms with van der Waals surface area (Å²) in [6.45, 7) is 3.74. The van der Waals surface area contributed by atoms with Gasteiger partial charge in [0.15, 0.2) is 0 Å². The maximum Gasteiger partial charge on any atom is 0.263 e. The zero-order valence-corrected chi connectivity index (χ0v) is 23.8. The van der Waals surface area contributed by atoms with E-state index in [9.17, 15) is 14.4 Å². The van der Waals surface area contributed by atoms with E-state index in [-0.39, 0.29) is 40.2 Å². The highest BCUT2D eigenvalue weighted by Gasteiger charge is 2.35. The first-order chi connectivity index (χ1) is 16.8. The molecule has 0 atom stereocenters. The highest BCUT2D eigenvalue weighted by molar-refractivity contribution is 8.24. The molecule has 7 nitrogen and oxygen atoms in total. The number of hydrogen-bond donors (Lipinski definition) is 0. The van der Waals surface area contributed by atoms with Crippen LogP contribution in [-0.4, -0.2) is 88.9 Å². The lowest BCUT2D eigenvalue weighted by molar-refractivity contribution is 0.0852. The topological polar surface area (TPSA) is 70.2 Å². The molecular weight excluding hydrogens is 563 g/mol. The van der Waals surface area contributed by atoms with E-state index in [0.29, 0.717) is 56.5 Å². The third-order valence-corrected chi connectivity index (χ3v) is 9.84. The van der Waals surface area contributed by atoms with Crippen molar-refractivity contribution in [2.75, 3.05) is 43.5 Å². The summed E-state index contributed by atoms with van der Waals surface area (Å²) < 4.78 is 7.48. The van der Waals surface area contributed by atoms with E-state index < -0.39 is 0 Å². The van der Waals surface area contributed by atoms with Gasteiger partial charge >= 0.3 is 0 Å². The summed E-state index contributed by atoms with van der Waals surface area (Å²) in [5.41, 5.74) is 0.506. The van der Waals surface area contributed by atoms with Crippen LogP contribution in [-0.2, 0) is 0 Å². The summed E-state index contributed by atoms with van der Waals surface area (Å²) in [6.07, 6.45) is 1.63. The lowest BCUT2D eigenvalue weighted by atomic mass is 10.0. The van der Waals surface area contributed by atoms with Crippen LogP contribution in [0.2, 0.25) is 0 Å². The number of nitrogens with zero attached hydrogens (tertiary/aromatic N) is 3. The van der Waals surface area contributed by atoms with E-state index in [1.807, 2.05) is 6.92 Å². The molecule has 3 saturated heterocycles. The molecular formula is C22H23N3O4S6. The van der Waals surface area contributed by atoms with Crippen LogP contribution in [0.25, 0.3) is 0 Å². The normalized spacial score (nSPS) is 18.1. The van der Waals surface area contributed by atoms with Gasteiger partial charge in [-0.2, -0.15) is 0 Å². The van der Waals surface area contributed by atoms with Crippen molar-refractivity contribution in [2.45, 2.75) is 19.8 Å². The number of unbranched alkanes of at least 4 members (excludes halogenated alkanes) is 1. The van der Waals surface area contributed by atoms with E-state index in [1.54, 1.807) is 0 Å². The number of rotatable bonds is 7. The molecule has 0 aliphatic carbocycles. The van der Waals surface area contributed by atoms with Gasteiger partial charge in [-0.05, 0) is 18.6 Å². The Hall–Kier alpha value is -1.25. The highest BCUT2D eigenvalue weighted by Crippen LogP contribution is 2.34. The molecule has 13 heteroatoms. The van der Waals surface area contributed by atoms with Gasteiger partial charge in [0.05, 0.1) is 17.7 Å². The molecule has 1 aromatic carbocycles. The molecule has 4 rings (SSSR count). The van der Waals surface area contributed by atoms with E-state index in [1.165, 1.54) is 62.1 Å². The van der Waals surface area contributed by atoms with E-state index in [2.05, 4.69) is 0 Å². The monoisotopic (exact) mass is 585 g/mol. The molecule has 0 N–H and O–H groups in total. The Morgan fingerprint density at radius 2 is 1.23 bits per heavy atom. The first-order valence-corrected chi connectivity index (χ1v) is 15.3. The summed E-state index contributed by atoms with van der Waals surface area (Å²) >= 11 is 20.4. The lowest BCUT2D eigenvalue weighted by Gasteiger charge is -2.23. The molecule has 1 aromatic rings. The van der Waals surface area contributed by atoms with Crippen molar-refractivity contribution < 1.29 is 19.1 Å². The predicted molar refractivity (Wildman–Crippen MR) is 155 cm³/mol. The van der Waals surface area contributed by atoms with Crippen molar-refractivity contribution in [1.29, 1.82) is 0 Å². The summed E-state index contributed by atoms with van der Waals surface area (Å²) in [7, 11) is 0. The molecule has 0 aromatic heterocycles. The fraction of sp³-hybridized carbons (Fsp3) is 0.455. The molecule has 3 heterocycles. The number of carbonyl (C=O) groups is 3. The molecule has 0 spiro atoms. The molecule has 0 bridgehead atoms. The minimum Gasteiger partial charge on any atom is -0.492 e. The Bertz CT molecular complexity index is 1050. The number of hydrogen-bond acceptors (Lipinski definition) is 10. The minimum absolute atomic E-state index is 0.149. The number of thiocarbonyl (C=S) groups is 3. The van der Waals surface area contributed by atoms with Gasteiger partial charge in [-0.1, -0.05) is 85.3 Å². The second kappa shape index (κ2) is 11.9. The van der Waals surface area contributed by atoms with E-state index >= 15 is 0 Å². The molecule has 3 aliphatic heterocycles. The highest BCUT2D eigenvalue weighted by atomic mass is 32.2. The quantitative estimate of drug-likeness (QED) is 0.342. The predicted octanol–water partition coefficient (Wildman–Crippen LogP) is 4.29. The maximum absolute atomic E-state index is 13.7. The van der Waals surface area contributed by atoms with Crippen molar-refractivity contribution in [3.05, 3.63) is 28.8 Å². The van der Waals surface area contributed by atoms with Crippen molar-refractivity contribution in [3.63, 3.8) is 0 Å². The van der Waals surface area contributed by atoms with Crippen LogP contribution in [0.15, 0.2) is 12.1 Å². The minimum atomic E-state index is -0.382. The molecule has 3 fully saturated rings. The number of benzene rings is 1.